The largest absolute Gasteiger partial charge is 0.247 e. The summed E-state index contributed by atoms with van der Waals surface area (Å²) in [4.78, 5) is 5.19. The molecule has 1 heterocycles. The summed E-state index contributed by atoms with van der Waals surface area (Å²) in [7, 11) is 0. The molecule has 0 saturated carbocycles. The van der Waals surface area contributed by atoms with Crippen LogP contribution in [0.2, 0.25) is 0 Å². The summed E-state index contributed by atoms with van der Waals surface area (Å²) in [5.41, 5.74) is 6.88. The molecule has 31 heavy (non-hydrogen) atoms. The first-order chi connectivity index (χ1) is 15.3. The lowest BCUT2D eigenvalue weighted by atomic mass is 9.93. The number of rotatable bonds is 2. The van der Waals surface area contributed by atoms with Gasteiger partial charge in [-0.2, -0.15) is 0 Å². The van der Waals surface area contributed by atoms with Crippen LogP contribution >= 0.6 is 15.9 Å². The van der Waals surface area contributed by atoms with Gasteiger partial charge < -0.3 is 0 Å². The normalized spacial score (nSPS) is 11.4. The second-order valence-electron chi connectivity index (χ2n) is 7.77. The molecule has 0 unspecified atom stereocenters. The van der Waals surface area contributed by atoms with Crippen LogP contribution in [0.1, 0.15) is 0 Å². The average Bonchev–Trinajstić information content (AvgIpc) is 2.83. The predicted octanol–water partition coefficient (Wildman–Crippen LogP) is 8.64. The highest BCUT2D eigenvalue weighted by Gasteiger charge is 2.14. The molecule has 0 atom stereocenters. The fourth-order valence-corrected chi connectivity index (χ4v) is 4.68. The number of hydrogen-bond acceptors (Lipinski definition) is 1. The molecule has 0 radical (unpaired) electrons. The van der Waals surface area contributed by atoms with Crippen molar-refractivity contribution in [1.82, 2.24) is 4.98 Å². The summed E-state index contributed by atoms with van der Waals surface area (Å²) < 4.78 is 1.08. The summed E-state index contributed by atoms with van der Waals surface area (Å²) >= 11 is 3.57. The summed E-state index contributed by atoms with van der Waals surface area (Å²) in [6.07, 6.45) is 0. The summed E-state index contributed by atoms with van der Waals surface area (Å²) in [6.45, 7) is 0. The van der Waals surface area contributed by atoms with Gasteiger partial charge in [0.25, 0.3) is 0 Å². The van der Waals surface area contributed by atoms with Gasteiger partial charge in [-0.25, -0.2) is 4.98 Å². The first-order valence-electron chi connectivity index (χ1n) is 10.3. The van der Waals surface area contributed by atoms with Crippen molar-refractivity contribution in [1.29, 1.82) is 0 Å². The van der Waals surface area contributed by atoms with E-state index in [9.17, 15) is 0 Å². The molecule has 2 heteroatoms. The van der Waals surface area contributed by atoms with E-state index in [0.717, 1.165) is 15.5 Å². The van der Waals surface area contributed by atoms with E-state index in [4.69, 9.17) is 4.98 Å². The Labute approximate surface area is 189 Å². The lowest BCUT2D eigenvalue weighted by Crippen LogP contribution is -1.91. The molecule has 0 amide bonds. The van der Waals surface area contributed by atoms with Gasteiger partial charge in [-0.15, -0.1) is 0 Å². The van der Waals surface area contributed by atoms with Crippen molar-refractivity contribution >= 4 is 48.5 Å². The minimum Gasteiger partial charge on any atom is -0.247 e. The van der Waals surface area contributed by atoms with Crippen molar-refractivity contribution in [2.75, 3.05) is 0 Å². The molecule has 5 aromatic carbocycles. The van der Waals surface area contributed by atoms with Crippen LogP contribution in [0.5, 0.6) is 0 Å². The molecule has 0 aliphatic carbocycles. The number of benzene rings is 5. The van der Waals surface area contributed by atoms with Crippen molar-refractivity contribution in [2.45, 2.75) is 0 Å². The molecule has 6 aromatic rings. The monoisotopic (exact) mass is 459 g/mol. The van der Waals surface area contributed by atoms with Gasteiger partial charge in [0.15, 0.2) is 0 Å². The van der Waals surface area contributed by atoms with E-state index in [0.29, 0.717) is 0 Å². The van der Waals surface area contributed by atoms with Gasteiger partial charge in [0.1, 0.15) is 0 Å². The van der Waals surface area contributed by atoms with Crippen molar-refractivity contribution < 1.29 is 0 Å². The summed E-state index contributed by atoms with van der Waals surface area (Å²) in [5.74, 6) is 0. The summed E-state index contributed by atoms with van der Waals surface area (Å²) in [6, 6.07) is 38.6. The fourth-order valence-electron chi connectivity index (χ4n) is 4.42. The minimum atomic E-state index is 1.02. The lowest BCUT2D eigenvalue weighted by Gasteiger charge is -2.14. The number of pyridine rings is 1. The Bertz CT molecular complexity index is 1570. The van der Waals surface area contributed by atoms with Crippen LogP contribution in [-0.4, -0.2) is 4.98 Å². The van der Waals surface area contributed by atoms with Gasteiger partial charge in [0.2, 0.25) is 0 Å². The molecule has 0 fully saturated rings. The molecule has 146 valence electrons. The third-order valence-corrected chi connectivity index (χ3v) is 6.44. The molecular weight excluding hydrogens is 442 g/mol. The Morgan fingerprint density at radius 2 is 1.23 bits per heavy atom. The number of nitrogens with zero attached hydrogens (tertiary/aromatic N) is 1. The highest BCUT2D eigenvalue weighted by Crippen LogP contribution is 2.39. The van der Waals surface area contributed by atoms with Gasteiger partial charge in [-0.05, 0) is 40.3 Å². The first-order valence-corrected chi connectivity index (χ1v) is 11.1. The SMILES string of the molecule is Brc1ccc(-c2c3ccc(-c4ccccc4)cc3nc3c2ccc2ccccc23)cc1. The maximum atomic E-state index is 5.19. The van der Waals surface area contributed by atoms with Crippen LogP contribution in [-0.2, 0) is 0 Å². The van der Waals surface area contributed by atoms with Gasteiger partial charge in [0, 0.05) is 26.2 Å². The maximum absolute atomic E-state index is 5.19. The predicted molar refractivity (Wildman–Crippen MR) is 135 cm³/mol. The van der Waals surface area contributed by atoms with Crippen LogP contribution in [0.15, 0.2) is 114 Å². The van der Waals surface area contributed by atoms with Gasteiger partial charge >= 0.3 is 0 Å². The fraction of sp³-hybridized carbons (Fsp3) is 0. The quantitative estimate of drug-likeness (QED) is 0.186. The molecule has 1 nitrogen and oxygen atoms in total. The van der Waals surface area contributed by atoms with E-state index in [1.165, 1.54) is 43.8 Å². The topological polar surface area (TPSA) is 12.9 Å². The van der Waals surface area contributed by atoms with Gasteiger partial charge in [0.05, 0.1) is 11.0 Å². The van der Waals surface area contributed by atoms with Crippen molar-refractivity contribution in [3.05, 3.63) is 114 Å². The van der Waals surface area contributed by atoms with Crippen molar-refractivity contribution in [2.24, 2.45) is 0 Å². The Morgan fingerprint density at radius 3 is 2.06 bits per heavy atom. The number of hydrogen-bond donors (Lipinski definition) is 0. The Morgan fingerprint density at radius 1 is 0.516 bits per heavy atom. The lowest BCUT2D eigenvalue weighted by molar-refractivity contribution is 1.50. The molecule has 0 aliphatic rings. The summed E-state index contributed by atoms with van der Waals surface area (Å²) in [5, 5.41) is 4.75. The number of halogens is 1. The zero-order valence-electron chi connectivity index (χ0n) is 16.7. The molecule has 0 saturated heterocycles. The minimum absolute atomic E-state index is 1.02. The molecule has 6 rings (SSSR count). The number of fused-ring (bicyclic) bond motifs is 4. The zero-order valence-corrected chi connectivity index (χ0v) is 18.3. The van der Waals surface area contributed by atoms with E-state index in [1.807, 2.05) is 6.07 Å². The zero-order chi connectivity index (χ0) is 20.8. The molecule has 1 aromatic heterocycles. The first kappa shape index (κ1) is 18.3. The average molecular weight is 460 g/mol. The molecule has 0 bridgehead atoms. The van der Waals surface area contributed by atoms with E-state index >= 15 is 0 Å². The van der Waals surface area contributed by atoms with Gasteiger partial charge in [-0.1, -0.05) is 107 Å². The van der Waals surface area contributed by atoms with Crippen LogP contribution in [0.3, 0.4) is 0 Å². The van der Waals surface area contributed by atoms with E-state index in [2.05, 4.69) is 119 Å². The van der Waals surface area contributed by atoms with E-state index < -0.39 is 0 Å². The smallest absolute Gasteiger partial charge is 0.0794 e. The standard InChI is InChI=1S/C29H18BrN/c30-23-14-10-21(11-15-23)28-25-16-13-22(19-6-2-1-3-7-19)18-27(25)31-29-24-9-5-4-8-20(24)12-17-26(28)29/h1-18H. The van der Waals surface area contributed by atoms with Crippen molar-refractivity contribution in [3.8, 4) is 22.3 Å². The van der Waals surface area contributed by atoms with E-state index in [-0.39, 0.29) is 0 Å². The highest BCUT2D eigenvalue weighted by atomic mass is 79.9. The second kappa shape index (κ2) is 7.33. The second-order valence-corrected chi connectivity index (χ2v) is 8.69. The van der Waals surface area contributed by atoms with Gasteiger partial charge in [-0.3, -0.25) is 0 Å². The maximum Gasteiger partial charge on any atom is 0.0794 e. The van der Waals surface area contributed by atoms with Crippen molar-refractivity contribution in [3.63, 3.8) is 0 Å². The molecule has 0 N–H and O–H groups in total. The molecular formula is C29H18BrN. The van der Waals surface area contributed by atoms with Crippen LogP contribution in [0, 0.1) is 0 Å². The highest BCUT2D eigenvalue weighted by molar-refractivity contribution is 9.10. The number of aromatic nitrogens is 1. The Kier molecular flexibility index (Phi) is 4.33. The molecule has 0 aliphatic heterocycles. The Hall–Kier alpha value is -3.49. The van der Waals surface area contributed by atoms with Crippen LogP contribution < -0.4 is 0 Å². The van der Waals surface area contributed by atoms with Crippen LogP contribution in [0.25, 0.3) is 54.8 Å². The third kappa shape index (κ3) is 3.11. The Balaban J connectivity index is 1.75. The molecule has 0 spiro atoms. The third-order valence-electron chi connectivity index (χ3n) is 5.91. The van der Waals surface area contributed by atoms with E-state index in [1.54, 1.807) is 0 Å². The van der Waals surface area contributed by atoms with Crippen LogP contribution in [0.4, 0.5) is 0 Å².